The number of esters is 4. The molecule has 0 aromatic heterocycles. The zero-order chi connectivity index (χ0) is 60.2. The van der Waals surface area contributed by atoms with Crippen LogP contribution in [-0.2, 0) is 47.7 Å². The minimum absolute atomic E-state index is 0.0276. The first-order valence-corrected chi connectivity index (χ1v) is 25.7. The highest BCUT2D eigenvalue weighted by Crippen LogP contribution is 2.34. The molecule has 1 fully saturated rings. The van der Waals surface area contributed by atoms with E-state index >= 15 is 0 Å². The number of methoxy groups -OCH3 is 4. The first kappa shape index (κ1) is 62.8. The summed E-state index contributed by atoms with van der Waals surface area (Å²) in [7, 11) is 5.00. The van der Waals surface area contributed by atoms with Gasteiger partial charge in [0.25, 0.3) is 0 Å². The van der Waals surface area contributed by atoms with E-state index < -0.39 is 59.2 Å². The molecule has 0 aliphatic heterocycles. The SMILES string of the molecule is COC(=O)C1=C(Nc2ccc(C)cc2)CC(C(=O)OC)=C(Nc2ccc(C)cc2)C1.COC(=O)C1CC(=O)C(C(=O)OC)CC1=O.Cc1ccc(N)cc1.Cc1ccc(Nc2cc(C(=O)O)c(Nc3ccc(C)cc3)cc2C(=O)O)cc1. The monoisotopic (exact) mass is 1120 g/mol. The lowest BCUT2D eigenvalue weighted by molar-refractivity contribution is -0.160. The van der Waals surface area contributed by atoms with Crippen molar-refractivity contribution >= 4 is 87.2 Å². The Morgan fingerprint density at radius 2 is 0.695 bits per heavy atom. The van der Waals surface area contributed by atoms with Crippen molar-refractivity contribution in [3.05, 3.63) is 195 Å². The molecule has 2 atom stereocenters. The molecule has 6 aromatic rings. The van der Waals surface area contributed by atoms with E-state index in [1.165, 1.54) is 31.9 Å². The summed E-state index contributed by atoms with van der Waals surface area (Å²) in [6.07, 6.45) is -0.130. The Labute approximate surface area is 475 Å². The van der Waals surface area contributed by atoms with Gasteiger partial charge in [-0.05, 0) is 107 Å². The number of allylic oxidation sites excluding steroid dienone is 2. The zero-order valence-corrected chi connectivity index (χ0v) is 47.1. The summed E-state index contributed by atoms with van der Waals surface area (Å²) < 4.78 is 18.8. The lowest BCUT2D eigenvalue weighted by Gasteiger charge is -2.25. The Bertz CT molecular complexity index is 3130. The van der Waals surface area contributed by atoms with Crippen molar-refractivity contribution in [1.29, 1.82) is 0 Å². The first-order chi connectivity index (χ1) is 39.0. The second-order valence-corrected chi connectivity index (χ2v) is 19.2. The molecule has 2 aliphatic carbocycles. The molecule has 19 heteroatoms. The number of aromatic carboxylic acids is 2. The Kier molecular flexibility index (Phi) is 22.8. The fourth-order valence-corrected chi connectivity index (χ4v) is 8.22. The van der Waals surface area contributed by atoms with E-state index in [-0.39, 0.29) is 48.2 Å². The summed E-state index contributed by atoms with van der Waals surface area (Å²) in [6, 6.07) is 40.8. The van der Waals surface area contributed by atoms with Gasteiger partial charge in [-0.1, -0.05) is 88.5 Å². The Balaban J connectivity index is 0.000000218. The van der Waals surface area contributed by atoms with Crippen molar-refractivity contribution in [2.24, 2.45) is 11.8 Å². The number of nitrogens with one attached hydrogen (secondary N) is 4. The highest BCUT2D eigenvalue weighted by Gasteiger charge is 2.43. The molecule has 8 N–H and O–H groups in total. The summed E-state index contributed by atoms with van der Waals surface area (Å²) in [5.74, 6) is -7.70. The minimum atomic E-state index is -1.15. The molecule has 0 heterocycles. The number of aryl methyl sites for hydroxylation is 5. The number of hydrogen-bond donors (Lipinski definition) is 7. The van der Waals surface area contributed by atoms with Crippen molar-refractivity contribution in [2.75, 3.05) is 55.4 Å². The molecule has 0 bridgehead atoms. The van der Waals surface area contributed by atoms with Gasteiger partial charge in [-0.15, -0.1) is 0 Å². The summed E-state index contributed by atoms with van der Waals surface area (Å²) in [4.78, 5) is 93.9. The fraction of sp³-hybridized carbons (Fsp3) is 0.238. The van der Waals surface area contributed by atoms with Gasteiger partial charge in [0.2, 0.25) is 0 Å². The standard InChI is InChI=1S/C24H26N2O4.C22H20N2O4.C10H12O6.C7H9N/c1-15-5-9-17(10-6-15)25-21-13-20(24(28)30-4)22(14-19(21)23(27)29-3)26-18-11-7-16(2)8-12-18;1-13-3-7-15(8-4-13)23-19-11-18(22(27)28)20(12-17(19)21(25)26)24-16-9-5-14(2)6-10-16;1-15-9(13)5-3-8(12)6(4-7(5)11)10(14)16-2;1-6-2-4-7(8)5-3-6/h5-12,25-26H,13-14H2,1-4H3;3-12,23-24H,1-2H3,(H,25,26)(H,27,28);5-6H,3-4H2,1-2H3;2-5H,8H2,1H3. The molecule has 0 amide bonds. The van der Waals surface area contributed by atoms with Crippen molar-refractivity contribution in [2.45, 2.75) is 60.3 Å². The molecular weight excluding hydrogens is 1050 g/mol. The van der Waals surface area contributed by atoms with E-state index in [2.05, 4.69) is 30.7 Å². The highest BCUT2D eigenvalue weighted by molar-refractivity contribution is 6.12. The largest absolute Gasteiger partial charge is 0.478 e. The number of ketones is 2. The van der Waals surface area contributed by atoms with Crippen LogP contribution >= 0.6 is 0 Å². The van der Waals surface area contributed by atoms with Gasteiger partial charge in [-0.2, -0.15) is 0 Å². The average Bonchev–Trinajstić information content (AvgIpc) is 3.66. The van der Waals surface area contributed by atoms with Crippen LogP contribution in [0.4, 0.5) is 39.8 Å². The van der Waals surface area contributed by atoms with Crippen LogP contribution in [0, 0.1) is 46.5 Å². The predicted octanol–water partition coefficient (Wildman–Crippen LogP) is 10.7. The Morgan fingerprint density at radius 1 is 0.427 bits per heavy atom. The van der Waals surface area contributed by atoms with Crippen LogP contribution < -0.4 is 27.0 Å². The average molecular weight is 1120 g/mol. The molecule has 19 nitrogen and oxygen atoms in total. The molecule has 428 valence electrons. The maximum absolute atomic E-state index is 12.5. The third-order valence-electron chi connectivity index (χ3n) is 12.9. The molecule has 82 heavy (non-hydrogen) atoms. The van der Waals surface area contributed by atoms with E-state index in [1.54, 1.807) is 24.3 Å². The molecule has 1 saturated carbocycles. The maximum atomic E-state index is 12.5. The molecule has 8 rings (SSSR count). The molecule has 2 unspecified atom stereocenters. The fourth-order valence-electron chi connectivity index (χ4n) is 8.22. The molecule has 6 aromatic carbocycles. The van der Waals surface area contributed by atoms with Gasteiger partial charge >= 0.3 is 35.8 Å². The second kappa shape index (κ2) is 29.8. The smallest absolute Gasteiger partial charge is 0.337 e. The molecule has 2 aliphatic rings. The van der Waals surface area contributed by atoms with E-state index in [4.69, 9.17) is 15.2 Å². The van der Waals surface area contributed by atoms with Crippen LogP contribution in [0.15, 0.2) is 156 Å². The third-order valence-corrected chi connectivity index (χ3v) is 12.9. The van der Waals surface area contributed by atoms with Gasteiger partial charge in [0.15, 0.2) is 0 Å². The number of carbonyl (C=O) groups excluding carboxylic acids is 6. The van der Waals surface area contributed by atoms with Gasteiger partial charge in [0, 0.05) is 65.5 Å². The molecular formula is C63H67N5O14. The van der Waals surface area contributed by atoms with E-state index in [1.807, 2.05) is 132 Å². The van der Waals surface area contributed by atoms with Gasteiger partial charge in [-0.25, -0.2) is 19.2 Å². The topological polar surface area (TPSA) is 288 Å². The Hall–Kier alpha value is -10.0. The third kappa shape index (κ3) is 18.0. The van der Waals surface area contributed by atoms with Crippen LogP contribution in [0.3, 0.4) is 0 Å². The van der Waals surface area contributed by atoms with Crippen LogP contribution in [0.2, 0.25) is 0 Å². The number of carbonyl (C=O) groups is 8. The number of rotatable bonds is 14. The van der Waals surface area contributed by atoms with E-state index in [0.717, 1.165) is 53.5 Å². The lowest BCUT2D eigenvalue weighted by Crippen LogP contribution is -2.40. The van der Waals surface area contributed by atoms with E-state index in [0.29, 0.717) is 33.9 Å². The van der Waals surface area contributed by atoms with Crippen LogP contribution in [-0.4, -0.2) is 86.0 Å². The van der Waals surface area contributed by atoms with E-state index in [9.17, 15) is 48.6 Å². The quantitative estimate of drug-likeness (QED) is 0.0231. The number of nitrogens with two attached hydrogens (primary N) is 1. The molecule has 0 saturated heterocycles. The zero-order valence-electron chi connectivity index (χ0n) is 47.1. The van der Waals surface area contributed by atoms with Gasteiger partial charge in [0.05, 0.1) is 62.1 Å². The van der Waals surface area contributed by atoms with Gasteiger partial charge in [-0.3, -0.25) is 19.2 Å². The highest BCUT2D eigenvalue weighted by atomic mass is 16.5. The number of anilines is 7. The van der Waals surface area contributed by atoms with Gasteiger partial charge < -0.3 is 56.2 Å². The van der Waals surface area contributed by atoms with Crippen molar-refractivity contribution in [3.8, 4) is 0 Å². The summed E-state index contributed by atoms with van der Waals surface area (Å²) in [5.41, 5.74) is 17.5. The number of carboxylic acid groups (broad SMARTS) is 2. The second-order valence-electron chi connectivity index (χ2n) is 19.2. The number of ether oxygens (including phenoxy) is 4. The van der Waals surface area contributed by atoms with Crippen molar-refractivity contribution in [3.63, 3.8) is 0 Å². The summed E-state index contributed by atoms with van der Waals surface area (Å²) in [6.45, 7) is 9.94. The number of nitrogen functional groups attached to an aromatic ring is 1. The number of benzene rings is 6. The lowest BCUT2D eigenvalue weighted by atomic mass is 9.80. The van der Waals surface area contributed by atoms with Crippen molar-refractivity contribution in [1.82, 2.24) is 0 Å². The van der Waals surface area contributed by atoms with Crippen molar-refractivity contribution < 1.29 is 67.5 Å². The number of hydrogen-bond acceptors (Lipinski definition) is 17. The molecule has 0 radical (unpaired) electrons. The predicted molar refractivity (Wildman–Crippen MR) is 312 cm³/mol. The van der Waals surface area contributed by atoms with Crippen LogP contribution in [0.1, 0.15) is 74.2 Å². The maximum Gasteiger partial charge on any atom is 0.337 e. The first-order valence-electron chi connectivity index (χ1n) is 25.7. The van der Waals surface area contributed by atoms with Gasteiger partial charge in [0.1, 0.15) is 23.4 Å². The minimum Gasteiger partial charge on any atom is -0.478 e. The number of carboxylic acids is 2. The summed E-state index contributed by atoms with van der Waals surface area (Å²) >= 11 is 0. The number of Topliss-reactive ketones (excluding diaryl/α,β-unsaturated/α-hetero) is 2. The normalized spacial score (nSPS) is 14.4. The van der Waals surface area contributed by atoms with Crippen LogP contribution in [0.25, 0.3) is 0 Å². The Morgan fingerprint density at radius 3 is 0.939 bits per heavy atom. The van der Waals surface area contributed by atoms with Crippen LogP contribution in [0.5, 0.6) is 0 Å². The molecule has 0 spiro atoms. The summed E-state index contributed by atoms with van der Waals surface area (Å²) in [5, 5.41) is 31.8.